The van der Waals surface area contributed by atoms with Gasteiger partial charge in [0, 0.05) is 12.4 Å². The van der Waals surface area contributed by atoms with Crippen LogP contribution in [0.4, 0.5) is 5.69 Å². The van der Waals surface area contributed by atoms with E-state index in [2.05, 4.69) is 16.2 Å². The lowest BCUT2D eigenvalue weighted by Gasteiger charge is -2.18. The van der Waals surface area contributed by atoms with E-state index in [9.17, 15) is 4.79 Å². The van der Waals surface area contributed by atoms with Crippen molar-refractivity contribution in [2.45, 2.75) is 19.9 Å². The summed E-state index contributed by atoms with van der Waals surface area (Å²) in [6.07, 6.45) is 8.21. The molecule has 4 nitrogen and oxygen atoms in total. The maximum atomic E-state index is 10.9. The van der Waals surface area contributed by atoms with Crippen molar-refractivity contribution < 1.29 is 9.90 Å². The number of carbonyl (C=O) groups is 1. The summed E-state index contributed by atoms with van der Waals surface area (Å²) < 4.78 is 0. The van der Waals surface area contributed by atoms with Crippen LogP contribution in [0.3, 0.4) is 0 Å². The molecule has 0 aliphatic rings. The first-order chi connectivity index (χ1) is 7.56. The molecule has 1 heterocycles. The number of carboxylic acids is 1. The molecule has 1 aromatic rings. The van der Waals surface area contributed by atoms with Crippen molar-refractivity contribution in [2.24, 2.45) is 5.92 Å². The Morgan fingerprint density at radius 2 is 2.31 bits per heavy atom. The SMILES string of the molecule is C#CC(Nc1ccncc1C(=O)O)C(C)C. The Labute approximate surface area is 94.7 Å². The van der Waals surface area contributed by atoms with Crippen LogP contribution in [0.15, 0.2) is 18.5 Å². The highest BCUT2D eigenvalue weighted by atomic mass is 16.4. The van der Waals surface area contributed by atoms with E-state index in [4.69, 9.17) is 11.5 Å². The van der Waals surface area contributed by atoms with Crippen molar-refractivity contribution in [1.29, 1.82) is 0 Å². The van der Waals surface area contributed by atoms with Gasteiger partial charge in [-0.15, -0.1) is 6.42 Å². The molecule has 0 aromatic carbocycles. The zero-order valence-corrected chi connectivity index (χ0v) is 9.27. The molecule has 1 atom stereocenters. The quantitative estimate of drug-likeness (QED) is 0.757. The summed E-state index contributed by atoms with van der Waals surface area (Å²) in [6, 6.07) is 1.41. The Balaban J connectivity index is 2.97. The third-order valence-electron chi connectivity index (χ3n) is 2.21. The summed E-state index contributed by atoms with van der Waals surface area (Å²) in [5.41, 5.74) is 0.627. The van der Waals surface area contributed by atoms with Crippen LogP contribution in [0.2, 0.25) is 0 Å². The van der Waals surface area contributed by atoms with Gasteiger partial charge in [-0.05, 0) is 12.0 Å². The number of aromatic carboxylic acids is 1. The summed E-state index contributed by atoms with van der Waals surface area (Å²) in [5, 5.41) is 12.0. The van der Waals surface area contributed by atoms with Crippen LogP contribution in [-0.2, 0) is 0 Å². The minimum Gasteiger partial charge on any atom is -0.478 e. The fourth-order valence-corrected chi connectivity index (χ4v) is 1.26. The van der Waals surface area contributed by atoms with E-state index in [1.807, 2.05) is 13.8 Å². The minimum atomic E-state index is -1.02. The maximum absolute atomic E-state index is 10.9. The number of aromatic nitrogens is 1. The number of nitrogens with zero attached hydrogens (tertiary/aromatic N) is 1. The van der Waals surface area contributed by atoms with Crippen LogP contribution in [0.25, 0.3) is 0 Å². The lowest BCUT2D eigenvalue weighted by Crippen LogP contribution is -2.24. The summed E-state index contributed by atoms with van der Waals surface area (Å²) in [6.45, 7) is 3.94. The molecule has 0 saturated heterocycles. The molecule has 0 saturated carbocycles. The Morgan fingerprint density at radius 3 is 2.81 bits per heavy atom. The molecule has 0 aliphatic carbocycles. The van der Waals surface area contributed by atoms with Gasteiger partial charge in [0.1, 0.15) is 5.56 Å². The summed E-state index contributed by atoms with van der Waals surface area (Å²) >= 11 is 0. The van der Waals surface area contributed by atoms with Gasteiger partial charge < -0.3 is 10.4 Å². The van der Waals surface area contributed by atoms with Gasteiger partial charge in [0.2, 0.25) is 0 Å². The third kappa shape index (κ3) is 2.74. The topological polar surface area (TPSA) is 62.2 Å². The summed E-state index contributed by atoms with van der Waals surface area (Å²) in [5.74, 6) is 1.80. The molecule has 4 heteroatoms. The number of rotatable bonds is 4. The second kappa shape index (κ2) is 5.17. The molecule has 1 aromatic heterocycles. The van der Waals surface area contributed by atoms with E-state index in [1.165, 1.54) is 12.4 Å². The van der Waals surface area contributed by atoms with Crippen LogP contribution in [0.5, 0.6) is 0 Å². The first-order valence-corrected chi connectivity index (χ1v) is 4.96. The Bertz CT molecular complexity index is 421. The predicted molar refractivity (Wildman–Crippen MR) is 62.3 cm³/mol. The first-order valence-electron chi connectivity index (χ1n) is 4.96. The number of carboxylic acid groups (broad SMARTS) is 1. The number of hydrogen-bond donors (Lipinski definition) is 2. The highest BCUT2D eigenvalue weighted by molar-refractivity contribution is 5.93. The first kappa shape index (κ1) is 12.1. The average molecular weight is 218 g/mol. The molecule has 0 amide bonds. The zero-order chi connectivity index (χ0) is 12.1. The van der Waals surface area contributed by atoms with Gasteiger partial charge in [-0.25, -0.2) is 4.79 Å². The minimum absolute atomic E-state index is 0.128. The van der Waals surface area contributed by atoms with Crippen molar-refractivity contribution >= 4 is 11.7 Å². The third-order valence-corrected chi connectivity index (χ3v) is 2.21. The van der Waals surface area contributed by atoms with E-state index in [0.29, 0.717) is 5.69 Å². The van der Waals surface area contributed by atoms with Crippen molar-refractivity contribution in [3.63, 3.8) is 0 Å². The lowest BCUT2D eigenvalue weighted by molar-refractivity contribution is 0.0697. The monoisotopic (exact) mass is 218 g/mol. The van der Waals surface area contributed by atoms with Crippen molar-refractivity contribution in [2.75, 3.05) is 5.32 Å². The molecular formula is C12H14N2O2. The molecule has 0 fully saturated rings. The lowest BCUT2D eigenvalue weighted by atomic mass is 10.0. The van der Waals surface area contributed by atoms with E-state index in [-0.39, 0.29) is 17.5 Å². The van der Waals surface area contributed by atoms with Crippen molar-refractivity contribution in [3.8, 4) is 12.3 Å². The Kier molecular flexibility index (Phi) is 3.90. The molecule has 0 spiro atoms. The smallest absolute Gasteiger partial charge is 0.339 e. The normalized spacial score (nSPS) is 11.9. The molecule has 0 bridgehead atoms. The Hall–Kier alpha value is -2.02. The van der Waals surface area contributed by atoms with Crippen LogP contribution in [0.1, 0.15) is 24.2 Å². The molecule has 1 unspecified atom stereocenters. The summed E-state index contributed by atoms with van der Waals surface area (Å²) in [4.78, 5) is 14.7. The summed E-state index contributed by atoms with van der Waals surface area (Å²) in [7, 11) is 0. The second-order valence-corrected chi connectivity index (χ2v) is 3.76. The van der Waals surface area contributed by atoms with E-state index >= 15 is 0 Å². The average Bonchev–Trinajstić information content (AvgIpc) is 2.25. The van der Waals surface area contributed by atoms with E-state index in [0.717, 1.165) is 0 Å². The number of anilines is 1. The van der Waals surface area contributed by atoms with Crippen LogP contribution in [-0.4, -0.2) is 22.1 Å². The number of pyridine rings is 1. The van der Waals surface area contributed by atoms with Gasteiger partial charge in [-0.2, -0.15) is 0 Å². The number of nitrogens with one attached hydrogen (secondary N) is 1. The standard InChI is InChI=1S/C12H14N2O2/c1-4-10(8(2)3)14-11-5-6-13-7-9(11)12(15)16/h1,5-8,10H,2-3H3,(H,13,14)(H,15,16). The van der Waals surface area contributed by atoms with Crippen LogP contribution in [0, 0.1) is 18.3 Å². The van der Waals surface area contributed by atoms with Gasteiger partial charge in [0.05, 0.1) is 11.7 Å². The molecule has 84 valence electrons. The van der Waals surface area contributed by atoms with Crippen LogP contribution >= 0.6 is 0 Å². The molecule has 1 rings (SSSR count). The Morgan fingerprint density at radius 1 is 1.62 bits per heavy atom. The molecule has 16 heavy (non-hydrogen) atoms. The van der Waals surface area contributed by atoms with Gasteiger partial charge >= 0.3 is 5.97 Å². The van der Waals surface area contributed by atoms with E-state index < -0.39 is 5.97 Å². The largest absolute Gasteiger partial charge is 0.478 e. The maximum Gasteiger partial charge on any atom is 0.339 e. The van der Waals surface area contributed by atoms with E-state index in [1.54, 1.807) is 6.07 Å². The molecular weight excluding hydrogens is 204 g/mol. The highest BCUT2D eigenvalue weighted by Gasteiger charge is 2.14. The van der Waals surface area contributed by atoms with Gasteiger partial charge in [-0.1, -0.05) is 19.8 Å². The fourth-order valence-electron chi connectivity index (χ4n) is 1.26. The zero-order valence-electron chi connectivity index (χ0n) is 9.27. The highest BCUT2D eigenvalue weighted by Crippen LogP contribution is 2.16. The number of hydrogen-bond acceptors (Lipinski definition) is 3. The molecule has 2 N–H and O–H groups in total. The van der Waals surface area contributed by atoms with Crippen molar-refractivity contribution in [3.05, 3.63) is 24.0 Å². The predicted octanol–water partition coefficient (Wildman–Crippen LogP) is 1.85. The van der Waals surface area contributed by atoms with Crippen molar-refractivity contribution in [1.82, 2.24) is 4.98 Å². The van der Waals surface area contributed by atoms with Gasteiger partial charge in [0.15, 0.2) is 0 Å². The van der Waals surface area contributed by atoms with Gasteiger partial charge in [-0.3, -0.25) is 4.98 Å². The van der Waals surface area contributed by atoms with Crippen LogP contribution < -0.4 is 5.32 Å². The second-order valence-electron chi connectivity index (χ2n) is 3.76. The number of terminal acetylenes is 1. The fraction of sp³-hybridized carbons (Fsp3) is 0.333. The molecule has 0 radical (unpaired) electrons. The molecule has 0 aliphatic heterocycles. The van der Waals surface area contributed by atoms with Gasteiger partial charge in [0.25, 0.3) is 0 Å².